The largest absolute Gasteiger partial charge is 0.399 e. The van der Waals surface area contributed by atoms with E-state index in [2.05, 4.69) is 24.5 Å². The fourth-order valence-electron chi connectivity index (χ4n) is 1.22. The van der Waals surface area contributed by atoms with E-state index in [0.717, 1.165) is 12.1 Å². The molecule has 0 aromatic heterocycles. The van der Waals surface area contributed by atoms with Crippen LogP contribution in [-0.2, 0) is 0 Å². The predicted molar refractivity (Wildman–Crippen MR) is 67.3 cm³/mol. The van der Waals surface area contributed by atoms with E-state index in [-0.39, 0.29) is 6.03 Å². The minimum atomic E-state index is -0.176. The molecule has 0 atom stereocenters. The Labute approximate surface area is 96.2 Å². The van der Waals surface area contributed by atoms with Crippen molar-refractivity contribution in [1.82, 2.24) is 5.32 Å². The lowest BCUT2D eigenvalue weighted by Crippen LogP contribution is -2.30. The van der Waals surface area contributed by atoms with Crippen LogP contribution in [0.25, 0.3) is 0 Å². The molecule has 0 aliphatic carbocycles. The molecule has 1 aromatic carbocycles. The number of hydrogen-bond donors (Lipinski definition) is 3. The molecule has 0 spiro atoms. The lowest BCUT2D eigenvalue weighted by molar-refractivity contribution is 0.251. The van der Waals surface area contributed by atoms with Crippen LogP contribution >= 0.6 is 0 Å². The molecular weight excluding hydrogens is 202 g/mol. The van der Waals surface area contributed by atoms with Crippen LogP contribution in [0.15, 0.2) is 24.3 Å². The highest BCUT2D eigenvalue weighted by molar-refractivity contribution is 5.89. The van der Waals surface area contributed by atoms with E-state index < -0.39 is 0 Å². The number of carbonyl (C=O) groups excluding carboxylic acids is 1. The molecule has 0 bridgehead atoms. The second-order valence-electron chi connectivity index (χ2n) is 4.19. The normalized spacial score (nSPS) is 10.2. The van der Waals surface area contributed by atoms with Crippen LogP contribution in [0.2, 0.25) is 0 Å². The topological polar surface area (TPSA) is 67.2 Å². The van der Waals surface area contributed by atoms with Crippen molar-refractivity contribution in [3.05, 3.63) is 24.3 Å². The highest BCUT2D eigenvalue weighted by Gasteiger charge is 2.01. The van der Waals surface area contributed by atoms with Crippen molar-refractivity contribution in [2.45, 2.75) is 20.3 Å². The molecule has 0 aliphatic rings. The monoisotopic (exact) mass is 221 g/mol. The Kier molecular flexibility index (Phi) is 4.64. The number of nitrogens with two attached hydrogens (primary N) is 1. The Morgan fingerprint density at radius 3 is 2.50 bits per heavy atom. The van der Waals surface area contributed by atoms with Gasteiger partial charge in [0.2, 0.25) is 0 Å². The third-order valence-electron chi connectivity index (χ3n) is 2.18. The maximum absolute atomic E-state index is 11.4. The second-order valence-corrected chi connectivity index (χ2v) is 4.19. The average molecular weight is 221 g/mol. The summed E-state index contributed by atoms with van der Waals surface area (Å²) >= 11 is 0. The Balaban J connectivity index is 2.31. The third kappa shape index (κ3) is 4.68. The fraction of sp³-hybridized carbons (Fsp3) is 0.417. The van der Waals surface area contributed by atoms with E-state index in [4.69, 9.17) is 5.73 Å². The molecule has 0 aliphatic heterocycles. The minimum Gasteiger partial charge on any atom is -0.399 e. The van der Waals surface area contributed by atoms with Gasteiger partial charge in [0, 0.05) is 17.9 Å². The number of hydrogen-bond acceptors (Lipinski definition) is 2. The van der Waals surface area contributed by atoms with Crippen LogP contribution in [0, 0.1) is 5.92 Å². The molecule has 1 rings (SSSR count). The summed E-state index contributed by atoms with van der Waals surface area (Å²) in [5.41, 5.74) is 6.98. The van der Waals surface area contributed by atoms with Gasteiger partial charge in [-0.15, -0.1) is 0 Å². The van der Waals surface area contributed by atoms with Crippen LogP contribution in [0.3, 0.4) is 0 Å². The van der Waals surface area contributed by atoms with Gasteiger partial charge in [0.05, 0.1) is 0 Å². The van der Waals surface area contributed by atoms with Crippen molar-refractivity contribution < 1.29 is 4.79 Å². The van der Waals surface area contributed by atoms with Gasteiger partial charge in [0.1, 0.15) is 0 Å². The van der Waals surface area contributed by atoms with Crippen molar-refractivity contribution in [2.75, 3.05) is 17.6 Å². The van der Waals surface area contributed by atoms with E-state index in [1.807, 2.05) is 0 Å². The molecule has 0 unspecified atom stereocenters. The first-order valence-corrected chi connectivity index (χ1v) is 5.48. The van der Waals surface area contributed by atoms with E-state index in [0.29, 0.717) is 18.2 Å². The van der Waals surface area contributed by atoms with Gasteiger partial charge in [-0.1, -0.05) is 13.8 Å². The van der Waals surface area contributed by atoms with Crippen LogP contribution < -0.4 is 16.4 Å². The van der Waals surface area contributed by atoms with E-state index >= 15 is 0 Å². The molecule has 0 radical (unpaired) electrons. The Morgan fingerprint density at radius 1 is 1.31 bits per heavy atom. The first-order chi connectivity index (χ1) is 7.58. The average Bonchev–Trinajstić information content (AvgIpc) is 2.21. The maximum Gasteiger partial charge on any atom is 0.319 e. The smallest absolute Gasteiger partial charge is 0.319 e. The molecule has 4 heteroatoms. The highest BCUT2D eigenvalue weighted by Crippen LogP contribution is 2.09. The standard InChI is InChI=1S/C12H19N3O/c1-9(2)7-8-14-12(16)15-11-5-3-10(13)4-6-11/h3-6,9H,7-8,13H2,1-2H3,(H2,14,15,16). The molecule has 1 aromatic rings. The Bertz CT molecular complexity index is 333. The number of urea groups is 1. The molecule has 2 amide bonds. The lowest BCUT2D eigenvalue weighted by atomic mass is 10.1. The molecule has 88 valence electrons. The predicted octanol–water partition coefficient (Wildman–Crippen LogP) is 2.44. The van der Waals surface area contributed by atoms with Gasteiger partial charge in [-0.2, -0.15) is 0 Å². The number of carbonyl (C=O) groups is 1. The molecule has 0 saturated carbocycles. The van der Waals surface area contributed by atoms with Crippen LogP contribution in [-0.4, -0.2) is 12.6 Å². The van der Waals surface area contributed by atoms with Gasteiger partial charge < -0.3 is 16.4 Å². The Hall–Kier alpha value is -1.71. The van der Waals surface area contributed by atoms with Crippen LogP contribution in [0.4, 0.5) is 16.2 Å². The molecule has 4 nitrogen and oxygen atoms in total. The van der Waals surface area contributed by atoms with Gasteiger partial charge in [0.15, 0.2) is 0 Å². The number of benzene rings is 1. The van der Waals surface area contributed by atoms with Crippen molar-refractivity contribution in [3.63, 3.8) is 0 Å². The van der Waals surface area contributed by atoms with Crippen LogP contribution in [0.5, 0.6) is 0 Å². The maximum atomic E-state index is 11.4. The number of rotatable bonds is 4. The molecule has 0 saturated heterocycles. The van der Waals surface area contributed by atoms with Gasteiger partial charge in [-0.05, 0) is 36.6 Å². The second kappa shape index (κ2) is 6.00. The Morgan fingerprint density at radius 2 is 1.94 bits per heavy atom. The summed E-state index contributed by atoms with van der Waals surface area (Å²) in [4.78, 5) is 11.4. The van der Waals surface area contributed by atoms with Crippen molar-refractivity contribution >= 4 is 17.4 Å². The zero-order valence-electron chi connectivity index (χ0n) is 9.79. The van der Waals surface area contributed by atoms with E-state index in [1.54, 1.807) is 24.3 Å². The number of nitrogens with one attached hydrogen (secondary N) is 2. The van der Waals surface area contributed by atoms with E-state index in [9.17, 15) is 4.79 Å². The SMILES string of the molecule is CC(C)CCNC(=O)Nc1ccc(N)cc1. The summed E-state index contributed by atoms with van der Waals surface area (Å²) in [5.74, 6) is 0.594. The fourth-order valence-corrected chi connectivity index (χ4v) is 1.22. The molecule has 0 fully saturated rings. The summed E-state index contributed by atoms with van der Waals surface area (Å²) in [6.07, 6.45) is 0.981. The number of anilines is 2. The van der Waals surface area contributed by atoms with Crippen molar-refractivity contribution in [3.8, 4) is 0 Å². The number of amides is 2. The summed E-state index contributed by atoms with van der Waals surface area (Å²) in [6, 6.07) is 6.88. The van der Waals surface area contributed by atoms with E-state index in [1.165, 1.54) is 0 Å². The van der Waals surface area contributed by atoms with Gasteiger partial charge in [0.25, 0.3) is 0 Å². The first-order valence-electron chi connectivity index (χ1n) is 5.48. The quantitative estimate of drug-likeness (QED) is 0.683. The van der Waals surface area contributed by atoms with Crippen LogP contribution in [0.1, 0.15) is 20.3 Å². The molecule has 0 heterocycles. The zero-order valence-corrected chi connectivity index (χ0v) is 9.79. The zero-order chi connectivity index (χ0) is 12.0. The molecular formula is C12H19N3O. The van der Waals surface area contributed by atoms with Gasteiger partial charge in [-0.3, -0.25) is 0 Å². The van der Waals surface area contributed by atoms with Crippen molar-refractivity contribution in [2.24, 2.45) is 5.92 Å². The highest BCUT2D eigenvalue weighted by atomic mass is 16.2. The first kappa shape index (κ1) is 12.4. The summed E-state index contributed by atoms with van der Waals surface area (Å²) in [7, 11) is 0. The minimum absolute atomic E-state index is 0.176. The van der Waals surface area contributed by atoms with Gasteiger partial charge in [-0.25, -0.2) is 4.79 Å². The van der Waals surface area contributed by atoms with Gasteiger partial charge >= 0.3 is 6.03 Å². The third-order valence-corrected chi connectivity index (χ3v) is 2.18. The van der Waals surface area contributed by atoms with Crippen molar-refractivity contribution in [1.29, 1.82) is 0 Å². The number of nitrogen functional groups attached to an aromatic ring is 1. The molecule has 16 heavy (non-hydrogen) atoms. The lowest BCUT2D eigenvalue weighted by Gasteiger charge is -2.08. The summed E-state index contributed by atoms with van der Waals surface area (Å²) < 4.78 is 0. The molecule has 4 N–H and O–H groups in total. The summed E-state index contributed by atoms with van der Waals surface area (Å²) in [5, 5.41) is 5.53. The summed E-state index contributed by atoms with van der Waals surface area (Å²) in [6.45, 7) is 4.94.